The number of nitrogens with zero attached hydrogens (tertiary/aromatic N) is 2. The summed E-state index contributed by atoms with van der Waals surface area (Å²) in [6.07, 6.45) is 1.74. The van der Waals surface area contributed by atoms with E-state index >= 15 is 0 Å². The van der Waals surface area contributed by atoms with Crippen LogP contribution in [0, 0.1) is 19.8 Å². The molecule has 1 unspecified atom stereocenters. The number of nitrogens with one attached hydrogen (secondary N) is 1. The Kier molecular flexibility index (Phi) is 6.26. The van der Waals surface area contributed by atoms with Gasteiger partial charge >= 0.3 is 0 Å². The number of hydrogen-bond donors (Lipinski definition) is 1. The Morgan fingerprint density at radius 2 is 2.07 bits per heavy atom. The molecule has 1 saturated heterocycles. The van der Waals surface area contributed by atoms with Crippen LogP contribution in [0.2, 0.25) is 0 Å². The van der Waals surface area contributed by atoms with Crippen molar-refractivity contribution >= 4 is 23.2 Å². The van der Waals surface area contributed by atoms with Crippen LogP contribution >= 0.6 is 0 Å². The summed E-state index contributed by atoms with van der Waals surface area (Å²) in [5.74, 6) is -0.151. The highest BCUT2D eigenvalue weighted by Crippen LogP contribution is 2.30. The molecule has 1 aliphatic rings. The maximum atomic E-state index is 12.6. The summed E-state index contributed by atoms with van der Waals surface area (Å²) in [5.41, 5.74) is 3.63. The van der Waals surface area contributed by atoms with Gasteiger partial charge in [-0.3, -0.25) is 9.59 Å². The monoisotopic (exact) mass is 383 g/mol. The summed E-state index contributed by atoms with van der Waals surface area (Å²) in [7, 11) is 1.60. The maximum Gasteiger partial charge on any atom is 0.229 e. The van der Waals surface area contributed by atoms with Crippen LogP contribution in [-0.4, -0.2) is 43.7 Å². The van der Waals surface area contributed by atoms with Gasteiger partial charge in [-0.15, -0.1) is 0 Å². The Hall–Kier alpha value is -2.93. The van der Waals surface area contributed by atoms with E-state index in [1.807, 2.05) is 32.0 Å². The average Bonchev–Trinajstić information content (AvgIpc) is 3.07. The fraction of sp³-hybridized carbons (Fsp3) is 0.381. The zero-order valence-corrected chi connectivity index (χ0v) is 16.4. The van der Waals surface area contributed by atoms with Crippen molar-refractivity contribution in [1.82, 2.24) is 4.98 Å². The van der Waals surface area contributed by atoms with Crippen LogP contribution in [-0.2, 0) is 14.3 Å². The second kappa shape index (κ2) is 8.84. The summed E-state index contributed by atoms with van der Waals surface area (Å²) >= 11 is 0. The minimum absolute atomic E-state index is 0.0335. The molecule has 1 aliphatic heterocycles. The molecule has 1 atom stereocenters. The molecule has 148 valence electrons. The number of benzene rings is 1. The zero-order valence-electron chi connectivity index (χ0n) is 16.4. The molecule has 0 bridgehead atoms. The Labute approximate surface area is 164 Å². The van der Waals surface area contributed by atoms with E-state index in [0.29, 0.717) is 31.3 Å². The molecule has 1 N–H and O–H groups in total. The van der Waals surface area contributed by atoms with Crippen LogP contribution in [0.5, 0.6) is 5.88 Å². The number of aromatic nitrogens is 1. The van der Waals surface area contributed by atoms with Gasteiger partial charge in [0.1, 0.15) is 6.61 Å². The van der Waals surface area contributed by atoms with Crippen LogP contribution in [0.4, 0.5) is 11.4 Å². The predicted octanol–water partition coefficient (Wildman–Crippen LogP) is 2.72. The number of anilines is 2. The van der Waals surface area contributed by atoms with Crippen molar-refractivity contribution in [2.75, 3.05) is 37.1 Å². The third-order valence-electron chi connectivity index (χ3n) is 4.90. The van der Waals surface area contributed by atoms with Gasteiger partial charge in [-0.05, 0) is 37.1 Å². The largest absolute Gasteiger partial charge is 0.475 e. The third kappa shape index (κ3) is 4.48. The van der Waals surface area contributed by atoms with Gasteiger partial charge in [-0.1, -0.05) is 12.1 Å². The molecule has 0 aliphatic carbocycles. The van der Waals surface area contributed by atoms with Crippen LogP contribution in [0.25, 0.3) is 0 Å². The molecular weight excluding hydrogens is 358 g/mol. The van der Waals surface area contributed by atoms with Gasteiger partial charge in [-0.25, -0.2) is 4.98 Å². The van der Waals surface area contributed by atoms with Crippen molar-refractivity contribution in [3.8, 4) is 5.88 Å². The summed E-state index contributed by atoms with van der Waals surface area (Å²) < 4.78 is 10.3. The minimum Gasteiger partial charge on any atom is -0.475 e. The van der Waals surface area contributed by atoms with E-state index in [0.717, 1.165) is 16.8 Å². The molecule has 1 aromatic carbocycles. The molecule has 1 aromatic heterocycles. The van der Waals surface area contributed by atoms with Gasteiger partial charge in [0.05, 0.1) is 24.4 Å². The predicted molar refractivity (Wildman–Crippen MR) is 107 cm³/mol. The molecule has 28 heavy (non-hydrogen) atoms. The minimum atomic E-state index is -0.398. The van der Waals surface area contributed by atoms with Gasteiger partial charge in [0.15, 0.2) is 0 Å². The molecule has 0 spiro atoms. The van der Waals surface area contributed by atoms with Crippen molar-refractivity contribution in [2.45, 2.75) is 20.3 Å². The Bertz CT molecular complexity index is 851. The Morgan fingerprint density at radius 3 is 2.79 bits per heavy atom. The second-order valence-corrected chi connectivity index (χ2v) is 6.84. The van der Waals surface area contributed by atoms with Gasteiger partial charge in [0.2, 0.25) is 17.7 Å². The lowest BCUT2D eigenvalue weighted by Crippen LogP contribution is -2.28. The molecule has 0 radical (unpaired) electrons. The van der Waals surface area contributed by atoms with Crippen LogP contribution in [0.1, 0.15) is 17.5 Å². The van der Waals surface area contributed by atoms with Gasteiger partial charge in [0.25, 0.3) is 0 Å². The molecule has 0 saturated carbocycles. The summed E-state index contributed by atoms with van der Waals surface area (Å²) in [6.45, 7) is 5.27. The maximum absolute atomic E-state index is 12.6. The second-order valence-electron chi connectivity index (χ2n) is 6.84. The molecule has 7 heteroatoms. The van der Waals surface area contributed by atoms with Crippen molar-refractivity contribution in [2.24, 2.45) is 5.92 Å². The van der Waals surface area contributed by atoms with E-state index < -0.39 is 5.92 Å². The SMILES string of the molecule is COCCOc1ccc(NC(=O)C2CC(=O)N(c3cccc(C)c3C)C2)cn1. The molecule has 2 heterocycles. The third-order valence-corrected chi connectivity index (χ3v) is 4.90. The summed E-state index contributed by atoms with van der Waals surface area (Å²) in [6, 6.07) is 9.28. The quantitative estimate of drug-likeness (QED) is 0.744. The van der Waals surface area contributed by atoms with Crippen LogP contribution in [0.3, 0.4) is 0 Å². The van der Waals surface area contributed by atoms with E-state index in [-0.39, 0.29) is 18.2 Å². The van der Waals surface area contributed by atoms with E-state index in [2.05, 4.69) is 10.3 Å². The number of pyridine rings is 1. The lowest BCUT2D eigenvalue weighted by Gasteiger charge is -2.20. The number of amides is 2. The summed E-state index contributed by atoms with van der Waals surface area (Å²) in [5, 5.41) is 2.84. The van der Waals surface area contributed by atoms with Gasteiger partial charge in [-0.2, -0.15) is 0 Å². The first-order valence-electron chi connectivity index (χ1n) is 9.25. The van der Waals surface area contributed by atoms with Crippen LogP contribution < -0.4 is 15.0 Å². The number of hydrogen-bond acceptors (Lipinski definition) is 5. The number of methoxy groups -OCH3 is 1. The lowest BCUT2D eigenvalue weighted by atomic mass is 10.1. The highest BCUT2D eigenvalue weighted by molar-refractivity contribution is 6.03. The fourth-order valence-corrected chi connectivity index (χ4v) is 3.16. The van der Waals surface area contributed by atoms with E-state index in [9.17, 15) is 9.59 Å². The lowest BCUT2D eigenvalue weighted by molar-refractivity contribution is -0.122. The average molecular weight is 383 g/mol. The van der Waals surface area contributed by atoms with E-state index in [1.54, 1.807) is 30.3 Å². The number of carbonyl (C=O) groups is 2. The van der Waals surface area contributed by atoms with Crippen molar-refractivity contribution < 1.29 is 19.1 Å². The van der Waals surface area contributed by atoms with E-state index in [1.165, 1.54) is 0 Å². The normalized spacial score (nSPS) is 16.3. The highest BCUT2D eigenvalue weighted by Gasteiger charge is 2.35. The molecule has 2 aromatic rings. The Morgan fingerprint density at radius 1 is 1.25 bits per heavy atom. The van der Waals surface area contributed by atoms with E-state index in [4.69, 9.17) is 9.47 Å². The standard InChI is InChI=1S/C21H25N3O4/c1-14-5-4-6-18(15(14)2)24-13-16(11-20(24)25)21(26)23-17-7-8-19(22-12-17)28-10-9-27-3/h4-8,12,16H,9-11,13H2,1-3H3,(H,23,26). The Balaban J connectivity index is 1.61. The highest BCUT2D eigenvalue weighted by atomic mass is 16.5. The van der Waals surface area contributed by atoms with Gasteiger partial charge in [0, 0.05) is 31.8 Å². The van der Waals surface area contributed by atoms with Crippen molar-refractivity contribution in [1.29, 1.82) is 0 Å². The fourth-order valence-electron chi connectivity index (χ4n) is 3.16. The molecular formula is C21H25N3O4. The molecule has 7 nitrogen and oxygen atoms in total. The molecule has 3 rings (SSSR count). The smallest absolute Gasteiger partial charge is 0.229 e. The zero-order chi connectivity index (χ0) is 20.1. The van der Waals surface area contributed by atoms with Crippen molar-refractivity contribution in [3.63, 3.8) is 0 Å². The molecule has 1 fully saturated rings. The number of aryl methyl sites for hydroxylation is 1. The first-order valence-corrected chi connectivity index (χ1v) is 9.25. The number of carbonyl (C=O) groups excluding carboxylic acids is 2. The van der Waals surface area contributed by atoms with Crippen molar-refractivity contribution in [3.05, 3.63) is 47.7 Å². The molecule has 2 amide bonds. The first kappa shape index (κ1) is 19.8. The van der Waals surface area contributed by atoms with Crippen LogP contribution in [0.15, 0.2) is 36.5 Å². The number of rotatable bonds is 7. The first-order chi connectivity index (χ1) is 13.5. The topological polar surface area (TPSA) is 80.8 Å². The van der Waals surface area contributed by atoms with Gasteiger partial charge < -0.3 is 19.7 Å². The number of ether oxygens (including phenoxy) is 2. The summed E-state index contributed by atoms with van der Waals surface area (Å²) in [4.78, 5) is 31.0.